The number of nitrogens with zero attached hydrogens (tertiary/aromatic N) is 3. The molecule has 5 nitrogen and oxygen atoms in total. The number of amides is 1. The van der Waals surface area contributed by atoms with E-state index in [-0.39, 0.29) is 17.6 Å². The standard InChI is InChI=1S/C26H32FN3O2/c1-18-5-8-22-9-6-20(19-7-10-25(32-4)23(27)15-19)17-30(22)26(31)16-24(18)29-13-11-21(12-14-29)28(2)3/h6-10,15-18,21H,5,11-14H2,1-4H3. The average molecular weight is 438 g/mol. The van der Waals surface area contributed by atoms with Crippen molar-refractivity contribution in [3.8, 4) is 5.75 Å². The molecule has 0 radical (unpaired) electrons. The van der Waals surface area contributed by atoms with Crippen LogP contribution in [0.15, 0.2) is 60.1 Å². The van der Waals surface area contributed by atoms with Gasteiger partial charge >= 0.3 is 0 Å². The zero-order valence-corrected chi connectivity index (χ0v) is 19.3. The smallest absolute Gasteiger partial charge is 0.256 e. The average Bonchev–Trinajstić information content (AvgIpc) is 2.80. The van der Waals surface area contributed by atoms with Crippen LogP contribution in [0.2, 0.25) is 0 Å². The third-order valence-electron chi connectivity index (χ3n) is 6.72. The van der Waals surface area contributed by atoms with Crippen molar-refractivity contribution in [2.24, 2.45) is 5.92 Å². The van der Waals surface area contributed by atoms with Crippen molar-refractivity contribution in [1.29, 1.82) is 0 Å². The first-order valence-corrected chi connectivity index (χ1v) is 11.3. The van der Waals surface area contributed by atoms with Gasteiger partial charge in [0.15, 0.2) is 11.6 Å². The number of carbonyl (C=O) groups excluding carboxylic acids is 1. The largest absolute Gasteiger partial charge is 0.494 e. The molecular weight excluding hydrogens is 405 g/mol. The van der Waals surface area contributed by atoms with Crippen LogP contribution in [0.3, 0.4) is 0 Å². The van der Waals surface area contributed by atoms with E-state index in [2.05, 4.69) is 36.9 Å². The maximum atomic E-state index is 14.2. The minimum atomic E-state index is -0.420. The topological polar surface area (TPSA) is 36.0 Å². The van der Waals surface area contributed by atoms with Gasteiger partial charge in [-0.05, 0) is 68.6 Å². The second-order valence-corrected chi connectivity index (χ2v) is 8.99. The van der Waals surface area contributed by atoms with E-state index < -0.39 is 5.82 Å². The Morgan fingerprint density at radius 1 is 1.16 bits per heavy atom. The molecule has 1 amide bonds. The SMILES string of the molecule is COc1ccc(C2=CN3C(=O)C=C(N4CCC(N(C)C)CC4)C(C)CC=C3C=C2)cc1F. The van der Waals surface area contributed by atoms with Crippen LogP contribution < -0.4 is 4.74 Å². The molecule has 1 fully saturated rings. The molecule has 0 spiro atoms. The molecule has 0 N–H and O–H groups in total. The van der Waals surface area contributed by atoms with E-state index in [4.69, 9.17) is 4.74 Å². The second kappa shape index (κ2) is 9.33. The highest BCUT2D eigenvalue weighted by Gasteiger charge is 2.28. The molecular formula is C26H32FN3O2. The van der Waals surface area contributed by atoms with Crippen molar-refractivity contribution < 1.29 is 13.9 Å². The van der Waals surface area contributed by atoms with Crippen molar-refractivity contribution in [2.45, 2.75) is 32.2 Å². The summed E-state index contributed by atoms with van der Waals surface area (Å²) in [6, 6.07) is 5.45. The van der Waals surface area contributed by atoms with Crippen LogP contribution >= 0.6 is 0 Å². The Morgan fingerprint density at radius 3 is 2.56 bits per heavy atom. The van der Waals surface area contributed by atoms with Gasteiger partial charge < -0.3 is 14.5 Å². The highest BCUT2D eigenvalue weighted by atomic mass is 19.1. The zero-order chi connectivity index (χ0) is 22.8. The van der Waals surface area contributed by atoms with E-state index in [1.807, 2.05) is 12.2 Å². The first-order valence-electron chi connectivity index (χ1n) is 11.3. The van der Waals surface area contributed by atoms with Gasteiger partial charge in [0, 0.05) is 42.8 Å². The molecule has 3 heterocycles. The fraction of sp³-hybridized carbons (Fsp3) is 0.423. The van der Waals surface area contributed by atoms with Crippen LogP contribution in [0.25, 0.3) is 5.57 Å². The minimum Gasteiger partial charge on any atom is -0.494 e. The number of ether oxygens (including phenoxy) is 1. The van der Waals surface area contributed by atoms with Crippen LogP contribution in [-0.4, -0.2) is 60.9 Å². The van der Waals surface area contributed by atoms with Crippen molar-refractivity contribution >= 4 is 11.5 Å². The van der Waals surface area contributed by atoms with Crippen LogP contribution in [0.1, 0.15) is 31.7 Å². The molecule has 32 heavy (non-hydrogen) atoms. The first-order chi connectivity index (χ1) is 15.4. The van der Waals surface area contributed by atoms with Crippen LogP contribution in [0.4, 0.5) is 4.39 Å². The Kier molecular flexibility index (Phi) is 6.51. The summed E-state index contributed by atoms with van der Waals surface area (Å²) in [5.41, 5.74) is 3.47. The fourth-order valence-electron chi connectivity index (χ4n) is 4.69. The number of carbonyl (C=O) groups is 1. The fourth-order valence-corrected chi connectivity index (χ4v) is 4.69. The summed E-state index contributed by atoms with van der Waals surface area (Å²) in [6.45, 7) is 4.13. The molecule has 0 aliphatic carbocycles. The van der Waals surface area contributed by atoms with Gasteiger partial charge in [-0.15, -0.1) is 0 Å². The molecule has 0 saturated carbocycles. The normalized spacial score (nSPS) is 22.1. The quantitative estimate of drug-likeness (QED) is 0.699. The van der Waals surface area contributed by atoms with Gasteiger partial charge in [-0.1, -0.05) is 25.1 Å². The summed E-state index contributed by atoms with van der Waals surface area (Å²) in [7, 11) is 5.72. The Balaban J connectivity index is 1.58. The Labute approximate surface area is 190 Å². The lowest BCUT2D eigenvalue weighted by Gasteiger charge is -2.40. The van der Waals surface area contributed by atoms with Gasteiger partial charge in [-0.3, -0.25) is 9.69 Å². The number of halogens is 1. The van der Waals surface area contributed by atoms with E-state index in [0.717, 1.165) is 49.3 Å². The number of rotatable bonds is 4. The molecule has 1 unspecified atom stereocenters. The van der Waals surface area contributed by atoms with Crippen LogP contribution in [-0.2, 0) is 4.79 Å². The molecule has 0 aromatic heterocycles. The lowest BCUT2D eigenvalue weighted by Crippen LogP contribution is -2.43. The minimum absolute atomic E-state index is 0.0663. The van der Waals surface area contributed by atoms with Crippen LogP contribution in [0.5, 0.6) is 5.75 Å². The third-order valence-corrected chi connectivity index (χ3v) is 6.72. The molecule has 170 valence electrons. The molecule has 4 rings (SSSR count). The van der Waals surface area contributed by atoms with E-state index in [1.165, 1.54) is 13.2 Å². The van der Waals surface area contributed by atoms with Gasteiger partial charge in [0.2, 0.25) is 0 Å². The van der Waals surface area contributed by atoms with Crippen molar-refractivity contribution in [3.05, 3.63) is 71.5 Å². The molecule has 0 bridgehead atoms. The van der Waals surface area contributed by atoms with Gasteiger partial charge in [-0.25, -0.2) is 4.39 Å². The predicted octanol–water partition coefficient (Wildman–Crippen LogP) is 4.41. The third kappa shape index (κ3) is 4.51. The van der Waals surface area contributed by atoms with Crippen molar-refractivity contribution in [2.75, 3.05) is 34.3 Å². The maximum Gasteiger partial charge on any atom is 0.256 e. The van der Waals surface area contributed by atoms with Gasteiger partial charge in [0.1, 0.15) is 0 Å². The number of benzene rings is 1. The molecule has 3 aliphatic heterocycles. The summed E-state index contributed by atoms with van der Waals surface area (Å²) in [5, 5.41) is 0. The van der Waals surface area contributed by atoms with E-state index in [1.54, 1.807) is 29.3 Å². The number of likely N-dealkylation sites (tertiary alicyclic amines) is 1. The van der Waals surface area contributed by atoms with E-state index >= 15 is 0 Å². The Morgan fingerprint density at radius 2 is 1.91 bits per heavy atom. The Hall–Kier alpha value is -2.86. The van der Waals surface area contributed by atoms with Crippen molar-refractivity contribution in [1.82, 2.24) is 14.7 Å². The second-order valence-electron chi connectivity index (χ2n) is 8.99. The summed E-state index contributed by atoms with van der Waals surface area (Å²) in [6.07, 6.45) is 12.7. The van der Waals surface area contributed by atoms with Crippen molar-refractivity contribution in [3.63, 3.8) is 0 Å². The monoisotopic (exact) mass is 437 g/mol. The molecule has 6 heteroatoms. The molecule has 3 aliphatic rings. The lowest BCUT2D eigenvalue weighted by molar-refractivity contribution is -0.122. The highest BCUT2D eigenvalue weighted by Crippen LogP contribution is 2.32. The number of hydrogen-bond donors (Lipinski definition) is 0. The summed E-state index contributed by atoms with van der Waals surface area (Å²) in [5.74, 6) is -0.00393. The van der Waals surface area contributed by atoms with Gasteiger partial charge in [-0.2, -0.15) is 0 Å². The number of methoxy groups -OCH3 is 1. The molecule has 1 aromatic carbocycles. The van der Waals surface area contributed by atoms with E-state index in [0.29, 0.717) is 11.6 Å². The number of piperidine rings is 1. The lowest BCUT2D eigenvalue weighted by atomic mass is 9.95. The number of hydrogen-bond acceptors (Lipinski definition) is 4. The number of allylic oxidation sites excluding steroid dienone is 5. The van der Waals surface area contributed by atoms with Gasteiger partial charge in [0.25, 0.3) is 5.91 Å². The number of fused-ring (bicyclic) bond motifs is 1. The molecule has 1 aromatic rings. The van der Waals surface area contributed by atoms with Gasteiger partial charge in [0.05, 0.1) is 7.11 Å². The highest BCUT2D eigenvalue weighted by molar-refractivity contribution is 5.93. The Bertz CT molecular complexity index is 1000. The summed E-state index contributed by atoms with van der Waals surface area (Å²) in [4.78, 5) is 19.7. The molecule has 1 atom stereocenters. The van der Waals surface area contributed by atoms with E-state index in [9.17, 15) is 9.18 Å². The molecule has 1 saturated heterocycles. The maximum absolute atomic E-state index is 14.2. The summed E-state index contributed by atoms with van der Waals surface area (Å²) >= 11 is 0. The summed E-state index contributed by atoms with van der Waals surface area (Å²) < 4.78 is 19.2. The first kappa shape index (κ1) is 22.3. The van der Waals surface area contributed by atoms with Crippen LogP contribution in [0, 0.1) is 11.7 Å². The zero-order valence-electron chi connectivity index (χ0n) is 19.3. The predicted molar refractivity (Wildman–Crippen MR) is 125 cm³/mol.